The third-order valence-corrected chi connectivity index (χ3v) is 5.69. The molecule has 4 N–H and O–H groups in total. The van der Waals surface area contributed by atoms with Crippen LogP contribution in [0.1, 0.15) is 15.9 Å². The van der Waals surface area contributed by atoms with E-state index in [0.717, 1.165) is 0 Å². The van der Waals surface area contributed by atoms with Crippen molar-refractivity contribution in [2.45, 2.75) is 12.5 Å². The number of morpholine rings is 1. The monoisotopic (exact) mass is 472 g/mol. The van der Waals surface area contributed by atoms with Gasteiger partial charge < -0.3 is 30.5 Å². The molecule has 2 aromatic carbocycles. The van der Waals surface area contributed by atoms with Gasteiger partial charge in [-0.25, -0.2) is 9.18 Å². The lowest BCUT2D eigenvalue weighted by Gasteiger charge is -2.29. The molecule has 2 fully saturated rings. The molecule has 2 aromatic rings. The molecule has 10 nitrogen and oxygen atoms in total. The number of carbonyl (C=O) groups is 3. The Kier molecular flexibility index (Phi) is 6.82. The number of anilines is 2. The first-order valence-electron chi connectivity index (χ1n) is 10.8. The third-order valence-electron chi connectivity index (χ3n) is 5.69. The fourth-order valence-corrected chi connectivity index (χ4v) is 3.93. The minimum Gasteiger partial charge on any atom is -0.507 e. The van der Waals surface area contributed by atoms with Crippen LogP contribution in [0.2, 0.25) is 0 Å². The third kappa shape index (κ3) is 5.20. The van der Waals surface area contributed by atoms with E-state index in [-0.39, 0.29) is 36.7 Å². The largest absolute Gasteiger partial charge is 0.507 e. The van der Waals surface area contributed by atoms with Crippen molar-refractivity contribution < 1.29 is 33.4 Å². The lowest BCUT2D eigenvalue weighted by molar-refractivity contribution is -0.120. The Morgan fingerprint density at radius 2 is 1.94 bits per heavy atom. The Morgan fingerprint density at radius 3 is 2.62 bits per heavy atom. The first-order valence-corrected chi connectivity index (χ1v) is 10.8. The molecule has 2 saturated heterocycles. The van der Waals surface area contributed by atoms with Gasteiger partial charge in [0.2, 0.25) is 5.91 Å². The highest BCUT2D eigenvalue weighted by atomic mass is 19.1. The van der Waals surface area contributed by atoms with E-state index in [2.05, 4.69) is 5.32 Å². The quantitative estimate of drug-likeness (QED) is 0.550. The zero-order valence-electron chi connectivity index (χ0n) is 18.3. The SMILES string of the molecule is NC(=O)c1ccc(CC(=O)NC[C@H]2CN(c3ccc(N4CCOCC4)c(F)c3)C(=O)O2)cc1O. The Balaban J connectivity index is 1.31. The Hall–Kier alpha value is -3.86. The first-order chi connectivity index (χ1) is 16.3. The number of benzene rings is 2. The van der Waals surface area contributed by atoms with E-state index >= 15 is 0 Å². The second-order valence-electron chi connectivity index (χ2n) is 8.05. The van der Waals surface area contributed by atoms with Gasteiger partial charge in [0.25, 0.3) is 5.91 Å². The van der Waals surface area contributed by atoms with Crippen LogP contribution in [0.25, 0.3) is 0 Å². The van der Waals surface area contributed by atoms with Crippen LogP contribution in [-0.4, -0.2) is 68.5 Å². The summed E-state index contributed by atoms with van der Waals surface area (Å²) >= 11 is 0. The van der Waals surface area contributed by atoms with Crippen LogP contribution in [0, 0.1) is 5.82 Å². The molecular formula is C23H25FN4O6. The summed E-state index contributed by atoms with van der Waals surface area (Å²) < 4.78 is 25.3. The maximum absolute atomic E-state index is 14.7. The first kappa shape index (κ1) is 23.3. The number of ether oxygens (including phenoxy) is 2. The van der Waals surface area contributed by atoms with E-state index in [9.17, 15) is 23.9 Å². The number of primary amides is 1. The molecular weight excluding hydrogens is 447 g/mol. The maximum Gasteiger partial charge on any atom is 0.414 e. The van der Waals surface area contributed by atoms with Crippen LogP contribution in [0.5, 0.6) is 5.75 Å². The zero-order valence-corrected chi connectivity index (χ0v) is 18.3. The van der Waals surface area contributed by atoms with E-state index in [0.29, 0.717) is 43.2 Å². The van der Waals surface area contributed by atoms with E-state index < -0.39 is 23.9 Å². The summed E-state index contributed by atoms with van der Waals surface area (Å²) in [5, 5.41) is 12.5. The average Bonchev–Trinajstić information content (AvgIpc) is 3.18. The number of carbonyl (C=O) groups excluding carboxylic acids is 3. The highest BCUT2D eigenvalue weighted by Crippen LogP contribution is 2.28. The molecule has 1 atom stereocenters. The van der Waals surface area contributed by atoms with Crippen molar-refractivity contribution in [2.24, 2.45) is 5.73 Å². The number of nitrogens with one attached hydrogen (secondary N) is 1. The van der Waals surface area contributed by atoms with Gasteiger partial charge in [-0.3, -0.25) is 14.5 Å². The molecule has 3 amide bonds. The molecule has 0 unspecified atom stereocenters. The minimum atomic E-state index is -0.767. The Morgan fingerprint density at radius 1 is 1.18 bits per heavy atom. The van der Waals surface area contributed by atoms with Crippen molar-refractivity contribution in [1.29, 1.82) is 0 Å². The number of nitrogens with zero attached hydrogens (tertiary/aromatic N) is 2. The zero-order chi connectivity index (χ0) is 24.2. The number of hydrogen-bond acceptors (Lipinski definition) is 7. The van der Waals surface area contributed by atoms with Gasteiger partial charge in [-0.15, -0.1) is 0 Å². The number of aromatic hydroxyl groups is 1. The summed E-state index contributed by atoms with van der Waals surface area (Å²) in [5.41, 5.74) is 6.43. The molecule has 34 heavy (non-hydrogen) atoms. The lowest BCUT2D eigenvalue weighted by atomic mass is 10.1. The van der Waals surface area contributed by atoms with Crippen LogP contribution >= 0.6 is 0 Å². The number of hydrogen-bond donors (Lipinski definition) is 3. The molecule has 0 bridgehead atoms. The molecule has 0 spiro atoms. The molecule has 0 aromatic heterocycles. The maximum atomic E-state index is 14.7. The molecule has 2 aliphatic heterocycles. The van der Waals surface area contributed by atoms with Gasteiger partial charge in [0.05, 0.1) is 49.7 Å². The topological polar surface area (TPSA) is 134 Å². The van der Waals surface area contributed by atoms with Gasteiger partial charge in [0, 0.05) is 13.1 Å². The van der Waals surface area contributed by atoms with Gasteiger partial charge in [-0.05, 0) is 35.9 Å². The number of nitrogens with two attached hydrogens (primary N) is 1. The van der Waals surface area contributed by atoms with Gasteiger partial charge in [-0.2, -0.15) is 0 Å². The summed E-state index contributed by atoms with van der Waals surface area (Å²) in [5.74, 6) is -1.86. The summed E-state index contributed by atoms with van der Waals surface area (Å²) in [4.78, 5) is 39.0. The minimum absolute atomic E-state index is 0.0310. The Labute approximate surface area is 195 Å². The number of rotatable bonds is 7. The Bertz CT molecular complexity index is 1100. The lowest BCUT2D eigenvalue weighted by Crippen LogP contribution is -2.37. The number of cyclic esters (lactones) is 1. The van der Waals surface area contributed by atoms with Crippen LogP contribution in [0.4, 0.5) is 20.6 Å². The highest BCUT2D eigenvalue weighted by Gasteiger charge is 2.33. The standard InChI is InChI=1S/C23H25FN4O6/c24-18-11-15(2-4-19(18)27-5-7-33-8-6-27)28-13-16(34-23(28)32)12-26-21(30)10-14-1-3-17(22(25)31)20(29)9-14/h1-4,9,11,16,29H,5-8,10,12-13H2,(H2,25,31)(H,26,30)/t16-/m0/s1. The number of amides is 3. The van der Waals surface area contributed by atoms with Crippen molar-refractivity contribution in [3.63, 3.8) is 0 Å². The number of halogens is 1. The second kappa shape index (κ2) is 9.96. The predicted molar refractivity (Wildman–Crippen MR) is 120 cm³/mol. The van der Waals surface area contributed by atoms with Crippen molar-refractivity contribution >= 4 is 29.3 Å². The molecule has 0 radical (unpaired) electrons. The normalized spacial score (nSPS) is 18.0. The summed E-state index contributed by atoms with van der Waals surface area (Å²) in [7, 11) is 0. The van der Waals surface area contributed by atoms with Crippen LogP contribution in [-0.2, 0) is 20.7 Å². The van der Waals surface area contributed by atoms with Crippen LogP contribution < -0.4 is 20.9 Å². The van der Waals surface area contributed by atoms with E-state index in [4.69, 9.17) is 15.2 Å². The molecule has 2 heterocycles. The van der Waals surface area contributed by atoms with E-state index in [1.165, 1.54) is 29.2 Å². The second-order valence-corrected chi connectivity index (χ2v) is 8.05. The fourth-order valence-electron chi connectivity index (χ4n) is 3.93. The predicted octanol–water partition coefficient (Wildman–Crippen LogP) is 1.15. The highest BCUT2D eigenvalue weighted by molar-refractivity contribution is 5.95. The van der Waals surface area contributed by atoms with Crippen molar-refractivity contribution in [3.05, 3.63) is 53.3 Å². The van der Waals surface area contributed by atoms with Gasteiger partial charge >= 0.3 is 6.09 Å². The van der Waals surface area contributed by atoms with Gasteiger partial charge in [0.15, 0.2) is 0 Å². The molecule has 11 heteroatoms. The summed E-state index contributed by atoms with van der Waals surface area (Å²) in [6, 6.07) is 8.77. The van der Waals surface area contributed by atoms with Crippen LogP contribution in [0.15, 0.2) is 36.4 Å². The smallest absolute Gasteiger partial charge is 0.414 e. The summed E-state index contributed by atoms with van der Waals surface area (Å²) in [6.45, 7) is 2.49. The van der Waals surface area contributed by atoms with E-state index in [1.807, 2.05) is 4.90 Å². The van der Waals surface area contributed by atoms with Crippen LogP contribution in [0.3, 0.4) is 0 Å². The van der Waals surface area contributed by atoms with Crippen molar-refractivity contribution in [2.75, 3.05) is 49.2 Å². The van der Waals surface area contributed by atoms with E-state index in [1.54, 1.807) is 12.1 Å². The summed E-state index contributed by atoms with van der Waals surface area (Å²) in [6.07, 6.45) is -1.28. The fraction of sp³-hybridized carbons (Fsp3) is 0.348. The average molecular weight is 472 g/mol. The molecule has 0 aliphatic carbocycles. The number of phenols is 1. The molecule has 2 aliphatic rings. The molecule has 4 rings (SSSR count). The van der Waals surface area contributed by atoms with Crippen molar-refractivity contribution in [3.8, 4) is 5.75 Å². The molecule has 0 saturated carbocycles. The van der Waals surface area contributed by atoms with Gasteiger partial charge in [-0.1, -0.05) is 6.07 Å². The molecule has 180 valence electrons. The van der Waals surface area contributed by atoms with Crippen molar-refractivity contribution in [1.82, 2.24) is 5.32 Å². The van der Waals surface area contributed by atoms with Gasteiger partial charge in [0.1, 0.15) is 17.7 Å².